The third-order valence-corrected chi connectivity index (χ3v) is 6.21. The molecule has 0 fully saturated rings. The van der Waals surface area contributed by atoms with Gasteiger partial charge in [-0.1, -0.05) is 49.2 Å². The Labute approximate surface area is 199 Å². The number of hydrogen-bond donors (Lipinski definition) is 0. The van der Waals surface area contributed by atoms with Gasteiger partial charge in [0, 0.05) is 27.7 Å². The lowest BCUT2D eigenvalue weighted by atomic mass is 9.77. The zero-order chi connectivity index (χ0) is 23.3. The Kier molecular flexibility index (Phi) is 8.27. The number of aliphatic imine (C=N–C) groups is 1. The number of Topliss-reactive ketones (excluding diaryl/α,β-unsaturated/α-hetero) is 1. The fourth-order valence-electron chi connectivity index (χ4n) is 4.09. The molecular weight excluding hydrogens is 445 g/mol. The van der Waals surface area contributed by atoms with Gasteiger partial charge >= 0.3 is 5.97 Å². The van der Waals surface area contributed by atoms with Crippen LogP contribution in [-0.2, 0) is 9.53 Å². The van der Waals surface area contributed by atoms with Gasteiger partial charge < -0.3 is 4.74 Å². The Morgan fingerprint density at radius 2 is 1.62 bits per heavy atom. The second-order valence-corrected chi connectivity index (χ2v) is 9.29. The van der Waals surface area contributed by atoms with E-state index in [1.54, 1.807) is 30.5 Å². The topological polar surface area (TPSA) is 55.7 Å². The minimum atomic E-state index is -0.451. The smallest absolute Gasteiger partial charge is 0.309 e. The summed E-state index contributed by atoms with van der Waals surface area (Å²) in [7, 11) is 1.39. The van der Waals surface area contributed by atoms with Gasteiger partial charge in [-0.2, -0.15) is 0 Å². The van der Waals surface area contributed by atoms with Crippen LogP contribution in [0.15, 0.2) is 59.7 Å². The maximum absolute atomic E-state index is 13.5. The van der Waals surface area contributed by atoms with E-state index < -0.39 is 5.92 Å². The number of nitrogens with zero attached hydrogens (tertiary/aromatic N) is 1. The van der Waals surface area contributed by atoms with Crippen molar-refractivity contribution in [3.63, 3.8) is 0 Å². The average Bonchev–Trinajstić information content (AvgIpc) is 3.00. The molecule has 32 heavy (non-hydrogen) atoms. The van der Waals surface area contributed by atoms with Crippen LogP contribution in [0.1, 0.15) is 49.0 Å². The second-order valence-electron chi connectivity index (χ2n) is 8.42. The number of benzene rings is 2. The van der Waals surface area contributed by atoms with Crippen molar-refractivity contribution in [2.75, 3.05) is 7.11 Å². The summed E-state index contributed by atoms with van der Waals surface area (Å²) in [4.78, 5) is 30.9. The predicted octanol–water partition coefficient (Wildman–Crippen LogP) is 6.90. The lowest BCUT2D eigenvalue weighted by molar-refractivity contribution is -0.147. The monoisotopic (exact) mass is 471 g/mol. The van der Waals surface area contributed by atoms with Gasteiger partial charge in [-0.15, -0.1) is 0 Å². The van der Waals surface area contributed by atoms with Gasteiger partial charge in [-0.25, -0.2) is 0 Å². The second kappa shape index (κ2) is 10.9. The summed E-state index contributed by atoms with van der Waals surface area (Å²) in [6.07, 6.45) is 3.65. The molecule has 0 bridgehead atoms. The zero-order valence-electron chi connectivity index (χ0n) is 18.5. The lowest BCUT2D eigenvalue weighted by Gasteiger charge is -2.26. The number of ketones is 1. The largest absolute Gasteiger partial charge is 0.469 e. The minimum Gasteiger partial charge on any atom is -0.469 e. The lowest BCUT2D eigenvalue weighted by Crippen LogP contribution is -2.35. The third-order valence-electron chi connectivity index (χ3n) is 5.70. The molecule has 168 valence electrons. The number of halogens is 2. The molecule has 0 aliphatic carbocycles. The van der Waals surface area contributed by atoms with E-state index in [1.807, 2.05) is 24.3 Å². The highest BCUT2D eigenvalue weighted by Gasteiger charge is 2.37. The van der Waals surface area contributed by atoms with Crippen LogP contribution < -0.4 is 0 Å². The number of methoxy groups -OCH3 is 1. The Hall–Kier alpha value is -2.43. The van der Waals surface area contributed by atoms with Crippen LogP contribution in [0.4, 0.5) is 0 Å². The summed E-state index contributed by atoms with van der Waals surface area (Å²) in [5, 5.41) is 1.21. The molecule has 0 spiro atoms. The average molecular weight is 472 g/mol. The van der Waals surface area contributed by atoms with E-state index in [1.165, 1.54) is 7.11 Å². The molecule has 1 aliphatic heterocycles. The predicted molar refractivity (Wildman–Crippen MR) is 130 cm³/mol. The normalized spacial score (nSPS) is 17.2. The minimum absolute atomic E-state index is 0.196. The first-order chi connectivity index (χ1) is 15.3. The summed E-state index contributed by atoms with van der Waals surface area (Å²) in [6.45, 7) is 4.11. The highest BCUT2D eigenvalue weighted by Crippen LogP contribution is 2.34. The zero-order valence-corrected chi connectivity index (χ0v) is 20.0. The molecule has 0 saturated carbocycles. The van der Waals surface area contributed by atoms with Crippen LogP contribution in [0.5, 0.6) is 0 Å². The number of ether oxygens (including phenoxy) is 1. The summed E-state index contributed by atoms with van der Waals surface area (Å²) in [5.41, 5.74) is 2.87. The Bertz CT molecular complexity index is 1020. The molecule has 2 atom stereocenters. The van der Waals surface area contributed by atoms with Gasteiger partial charge in [0.2, 0.25) is 5.78 Å². The van der Waals surface area contributed by atoms with E-state index in [-0.39, 0.29) is 23.6 Å². The van der Waals surface area contributed by atoms with E-state index in [0.717, 1.165) is 11.1 Å². The number of carbonyl (C=O) groups excluding carboxylic acids is 2. The van der Waals surface area contributed by atoms with E-state index in [0.29, 0.717) is 40.6 Å². The number of esters is 1. The molecule has 0 amide bonds. The fraction of sp³-hybridized carbons (Fsp3) is 0.346. The Balaban J connectivity index is 2.04. The fourth-order valence-corrected chi connectivity index (χ4v) is 4.34. The molecule has 1 heterocycles. The van der Waals surface area contributed by atoms with Crippen molar-refractivity contribution >= 4 is 46.2 Å². The molecule has 1 aliphatic rings. The van der Waals surface area contributed by atoms with Gasteiger partial charge in [-0.3, -0.25) is 14.6 Å². The van der Waals surface area contributed by atoms with Crippen LogP contribution >= 0.6 is 23.2 Å². The van der Waals surface area contributed by atoms with Crippen molar-refractivity contribution in [1.29, 1.82) is 0 Å². The van der Waals surface area contributed by atoms with E-state index in [4.69, 9.17) is 27.9 Å². The van der Waals surface area contributed by atoms with Crippen molar-refractivity contribution < 1.29 is 14.3 Å². The van der Waals surface area contributed by atoms with Crippen molar-refractivity contribution in [1.82, 2.24) is 0 Å². The van der Waals surface area contributed by atoms with Gasteiger partial charge in [0.15, 0.2) is 0 Å². The molecule has 0 N–H and O–H groups in total. The van der Waals surface area contributed by atoms with Crippen molar-refractivity contribution in [2.24, 2.45) is 22.7 Å². The molecule has 1 unspecified atom stereocenters. The molecule has 2 aromatic carbocycles. The Morgan fingerprint density at radius 1 is 1.03 bits per heavy atom. The van der Waals surface area contributed by atoms with Crippen LogP contribution in [-0.4, -0.2) is 24.6 Å². The third kappa shape index (κ3) is 5.87. The van der Waals surface area contributed by atoms with Crippen LogP contribution in [0.2, 0.25) is 10.0 Å². The van der Waals surface area contributed by atoms with Gasteiger partial charge in [0.1, 0.15) is 0 Å². The first-order valence-electron chi connectivity index (χ1n) is 10.7. The molecule has 0 saturated heterocycles. The SMILES string of the molecule is COC(=O)[C@H](CC(C)C)C1CCC(c2ccc(Cl)cc2)=CN=C1C(=O)c1ccc(Cl)cc1. The molecule has 3 rings (SSSR count). The maximum Gasteiger partial charge on any atom is 0.309 e. The molecule has 4 nitrogen and oxygen atoms in total. The standard InChI is InChI=1S/C26H27Cl2NO3/c1-16(2)14-23(26(31)32-3)22-13-8-19(17-4-9-20(27)10-5-17)15-29-24(22)25(30)18-6-11-21(28)12-7-18/h4-7,9-12,15-16,22-23H,8,13-14H2,1-3H3/t22?,23-/m1/s1. The first kappa shape index (κ1) is 24.2. The molecule has 0 aromatic heterocycles. The molecule has 6 heteroatoms. The highest BCUT2D eigenvalue weighted by molar-refractivity contribution is 6.47. The molecular formula is C26H27Cl2NO3. The van der Waals surface area contributed by atoms with Crippen molar-refractivity contribution in [3.8, 4) is 0 Å². The summed E-state index contributed by atoms with van der Waals surface area (Å²) >= 11 is 12.0. The first-order valence-corrected chi connectivity index (χ1v) is 11.5. The quantitative estimate of drug-likeness (QED) is 0.325. The maximum atomic E-state index is 13.5. The van der Waals surface area contributed by atoms with E-state index >= 15 is 0 Å². The van der Waals surface area contributed by atoms with Gasteiger partial charge in [-0.05, 0) is 72.7 Å². The van der Waals surface area contributed by atoms with Gasteiger partial charge in [0.05, 0.1) is 18.7 Å². The summed E-state index contributed by atoms with van der Waals surface area (Å²) < 4.78 is 5.13. The number of hydrogen-bond acceptors (Lipinski definition) is 4. The van der Waals surface area contributed by atoms with Crippen molar-refractivity contribution in [3.05, 3.63) is 75.9 Å². The van der Waals surface area contributed by atoms with Crippen LogP contribution in [0.25, 0.3) is 5.57 Å². The van der Waals surface area contributed by atoms with Crippen molar-refractivity contribution in [2.45, 2.75) is 33.1 Å². The highest BCUT2D eigenvalue weighted by atomic mass is 35.5. The van der Waals surface area contributed by atoms with E-state index in [9.17, 15) is 9.59 Å². The molecule has 2 aromatic rings. The van der Waals surface area contributed by atoms with Crippen LogP contribution in [0, 0.1) is 17.8 Å². The van der Waals surface area contributed by atoms with Gasteiger partial charge in [0.25, 0.3) is 0 Å². The Morgan fingerprint density at radius 3 is 2.19 bits per heavy atom. The molecule has 0 radical (unpaired) electrons. The summed E-state index contributed by atoms with van der Waals surface area (Å²) in [5.74, 6) is -1.05. The van der Waals surface area contributed by atoms with Crippen LogP contribution in [0.3, 0.4) is 0 Å². The number of carbonyl (C=O) groups is 2. The van der Waals surface area contributed by atoms with E-state index in [2.05, 4.69) is 18.8 Å². The number of rotatable bonds is 7. The number of allylic oxidation sites excluding steroid dienone is 1. The summed E-state index contributed by atoms with van der Waals surface area (Å²) in [6, 6.07) is 14.3.